The molecule has 0 spiro atoms. The molecule has 1 fully saturated rings. The van der Waals surface area contributed by atoms with Gasteiger partial charge in [-0.2, -0.15) is 5.10 Å². The minimum absolute atomic E-state index is 0.0268. The largest absolute Gasteiger partial charge is 0.451 e. The topological polar surface area (TPSA) is 71.6 Å². The van der Waals surface area contributed by atoms with Gasteiger partial charge in [-0.15, -0.1) is 0 Å². The molecule has 0 unspecified atom stereocenters. The van der Waals surface area contributed by atoms with E-state index in [1.165, 1.54) is 0 Å². The summed E-state index contributed by atoms with van der Waals surface area (Å²) in [4.78, 5) is 29.3. The third-order valence-corrected chi connectivity index (χ3v) is 5.70. The molecule has 2 aliphatic heterocycles. The van der Waals surface area contributed by atoms with E-state index < -0.39 is 0 Å². The number of rotatable bonds is 2. The van der Waals surface area contributed by atoms with E-state index >= 15 is 0 Å². The Labute approximate surface area is 162 Å². The molecule has 0 bridgehead atoms. The standard InChI is InChI=1S/C21H22N4O3/c26-20(16-14-22-25-8-4-3-6-17(16)25)23-9-11-24(12-10-23)21(27)19-13-15-5-1-2-7-18(15)28-19/h1-2,5,7,13-14H,3-4,6,8-12H2. The lowest BCUT2D eigenvalue weighted by Crippen LogP contribution is -2.50. The molecule has 4 heterocycles. The summed E-state index contributed by atoms with van der Waals surface area (Å²) >= 11 is 0. The number of nitrogens with zero attached hydrogens (tertiary/aromatic N) is 4. The maximum Gasteiger partial charge on any atom is 0.289 e. The number of furan rings is 1. The van der Waals surface area contributed by atoms with Crippen LogP contribution in [0.1, 0.15) is 39.4 Å². The van der Waals surface area contributed by atoms with Crippen molar-refractivity contribution in [2.75, 3.05) is 26.2 Å². The van der Waals surface area contributed by atoms with Crippen molar-refractivity contribution in [2.45, 2.75) is 25.8 Å². The van der Waals surface area contributed by atoms with Gasteiger partial charge in [0, 0.05) is 38.1 Å². The number of fused-ring (bicyclic) bond motifs is 2. The number of hydrogen-bond donors (Lipinski definition) is 0. The average molecular weight is 378 g/mol. The number of carbonyl (C=O) groups is 2. The van der Waals surface area contributed by atoms with Crippen molar-refractivity contribution in [3.63, 3.8) is 0 Å². The molecule has 2 aliphatic rings. The Balaban J connectivity index is 1.26. The highest BCUT2D eigenvalue weighted by Crippen LogP contribution is 2.22. The van der Waals surface area contributed by atoms with Gasteiger partial charge in [0.1, 0.15) is 5.58 Å². The van der Waals surface area contributed by atoms with Gasteiger partial charge in [0.05, 0.1) is 17.5 Å². The summed E-state index contributed by atoms with van der Waals surface area (Å²) in [6.07, 6.45) is 4.83. The van der Waals surface area contributed by atoms with Gasteiger partial charge in [0.25, 0.3) is 11.8 Å². The number of piperazine rings is 1. The van der Waals surface area contributed by atoms with E-state index in [1.54, 1.807) is 17.2 Å². The molecule has 2 amide bonds. The Morgan fingerprint density at radius 3 is 2.46 bits per heavy atom. The van der Waals surface area contributed by atoms with Crippen LogP contribution in [0.25, 0.3) is 11.0 Å². The molecule has 7 heteroatoms. The van der Waals surface area contributed by atoms with Crippen LogP contribution in [0.15, 0.2) is 40.9 Å². The van der Waals surface area contributed by atoms with Gasteiger partial charge in [-0.3, -0.25) is 14.3 Å². The number of para-hydroxylation sites is 1. The minimum Gasteiger partial charge on any atom is -0.451 e. The Morgan fingerprint density at radius 2 is 1.68 bits per heavy atom. The van der Waals surface area contributed by atoms with Gasteiger partial charge in [-0.05, 0) is 31.4 Å². The van der Waals surface area contributed by atoms with Crippen LogP contribution >= 0.6 is 0 Å². The molecular formula is C21H22N4O3. The van der Waals surface area contributed by atoms with Crippen molar-refractivity contribution in [3.05, 3.63) is 53.5 Å². The molecule has 0 saturated carbocycles. The summed E-state index contributed by atoms with van der Waals surface area (Å²) in [6, 6.07) is 9.38. The lowest BCUT2D eigenvalue weighted by Gasteiger charge is -2.34. The highest BCUT2D eigenvalue weighted by Gasteiger charge is 2.29. The first-order chi connectivity index (χ1) is 13.7. The smallest absolute Gasteiger partial charge is 0.289 e. The SMILES string of the molecule is O=C(c1cc2ccccc2o1)N1CCN(C(=O)c2cnn3c2CCCC3)CC1. The quantitative estimate of drug-likeness (QED) is 0.687. The summed E-state index contributed by atoms with van der Waals surface area (Å²) in [5.74, 6) is 0.261. The maximum absolute atomic E-state index is 12.9. The third-order valence-electron chi connectivity index (χ3n) is 5.70. The Kier molecular flexibility index (Phi) is 4.15. The lowest BCUT2D eigenvalue weighted by molar-refractivity contribution is 0.0518. The number of amides is 2. The van der Waals surface area contributed by atoms with Crippen LogP contribution in [-0.2, 0) is 13.0 Å². The fourth-order valence-electron chi connectivity index (χ4n) is 4.13. The number of aryl methyl sites for hydroxylation is 1. The fraction of sp³-hybridized carbons (Fsp3) is 0.381. The van der Waals surface area contributed by atoms with Crippen molar-refractivity contribution in [1.29, 1.82) is 0 Å². The molecular weight excluding hydrogens is 356 g/mol. The van der Waals surface area contributed by atoms with Crippen LogP contribution in [0.3, 0.4) is 0 Å². The minimum atomic E-state index is -0.119. The highest BCUT2D eigenvalue weighted by atomic mass is 16.3. The van der Waals surface area contributed by atoms with Crippen molar-refractivity contribution < 1.29 is 14.0 Å². The Morgan fingerprint density at radius 1 is 0.929 bits per heavy atom. The molecule has 5 rings (SSSR count). The first kappa shape index (κ1) is 17.0. The number of carbonyl (C=O) groups excluding carboxylic acids is 2. The molecule has 0 atom stereocenters. The van der Waals surface area contributed by atoms with Gasteiger partial charge < -0.3 is 14.2 Å². The maximum atomic E-state index is 12.9. The molecule has 144 valence electrons. The molecule has 28 heavy (non-hydrogen) atoms. The first-order valence-corrected chi connectivity index (χ1v) is 9.82. The number of benzene rings is 1. The monoisotopic (exact) mass is 378 g/mol. The molecule has 2 aromatic heterocycles. The van der Waals surface area contributed by atoms with Crippen molar-refractivity contribution in [3.8, 4) is 0 Å². The van der Waals surface area contributed by atoms with Gasteiger partial charge in [0.15, 0.2) is 5.76 Å². The first-order valence-electron chi connectivity index (χ1n) is 9.82. The molecule has 3 aromatic rings. The van der Waals surface area contributed by atoms with E-state index in [9.17, 15) is 9.59 Å². The Hall–Kier alpha value is -3.09. The predicted octanol–water partition coefficient (Wildman–Crippen LogP) is 2.56. The predicted molar refractivity (Wildman–Crippen MR) is 103 cm³/mol. The van der Waals surface area contributed by atoms with E-state index in [4.69, 9.17) is 4.42 Å². The zero-order valence-corrected chi connectivity index (χ0v) is 15.6. The van der Waals surface area contributed by atoms with Crippen LogP contribution in [0.4, 0.5) is 0 Å². The van der Waals surface area contributed by atoms with Gasteiger partial charge in [-0.25, -0.2) is 0 Å². The highest BCUT2D eigenvalue weighted by molar-refractivity contribution is 5.97. The van der Waals surface area contributed by atoms with E-state index in [1.807, 2.05) is 33.8 Å². The number of aromatic nitrogens is 2. The van der Waals surface area contributed by atoms with E-state index in [2.05, 4.69) is 5.10 Å². The summed E-state index contributed by atoms with van der Waals surface area (Å²) < 4.78 is 7.65. The summed E-state index contributed by atoms with van der Waals surface area (Å²) in [5, 5.41) is 5.29. The zero-order chi connectivity index (χ0) is 19.1. The molecule has 0 aliphatic carbocycles. The molecule has 7 nitrogen and oxygen atoms in total. The summed E-state index contributed by atoms with van der Waals surface area (Å²) in [5.41, 5.74) is 2.49. The molecule has 0 radical (unpaired) electrons. The van der Waals surface area contributed by atoms with E-state index in [0.29, 0.717) is 37.5 Å². The van der Waals surface area contributed by atoms with Crippen LogP contribution < -0.4 is 0 Å². The normalized spacial score (nSPS) is 17.0. The summed E-state index contributed by atoms with van der Waals surface area (Å²) in [6.45, 7) is 2.95. The van der Waals surface area contributed by atoms with Crippen LogP contribution in [0.2, 0.25) is 0 Å². The fourth-order valence-corrected chi connectivity index (χ4v) is 4.13. The Bertz CT molecular complexity index is 1010. The van der Waals surface area contributed by atoms with Gasteiger partial charge >= 0.3 is 0 Å². The second kappa shape index (κ2) is 6.82. The molecule has 1 saturated heterocycles. The second-order valence-corrected chi connectivity index (χ2v) is 7.42. The van der Waals surface area contributed by atoms with Crippen molar-refractivity contribution in [2.24, 2.45) is 0 Å². The zero-order valence-electron chi connectivity index (χ0n) is 15.6. The summed E-state index contributed by atoms with van der Waals surface area (Å²) in [7, 11) is 0. The molecule has 1 aromatic carbocycles. The van der Waals surface area contributed by atoms with Crippen molar-refractivity contribution in [1.82, 2.24) is 19.6 Å². The van der Waals surface area contributed by atoms with E-state index in [-0.39, 0.29) is 11.8 Å². The third kappa shape index (κ3) is 2.87. The van der Waals surface area contributed by atoms with Gasteiger partial charge in [-0.1, -0.05) is 18.2 Å². The van der Waals surface area contributed by atoms with Crippen LogP contribution in [-0.4, -0.2) is 57.6 Å². The second-order valence-electron chi connectivity index (χ2n) is 7.42. The van der Waals surface area contributed by atoms with Crippen LogP contribution in [0, 0.1) is 0 Å². The van der Waals surface area contributed by atoms with Gasteiger partial charge in [0.2, 0.25) is 0 Å². The number of hydrogen-bond acceptors (Lipinski definition) is 4. The van der Waals surface area contributed by atoms with E-state index in [0.717, 1.165) is 42.5 Å². The molecule has 0 N–H and O–H groups in total. The lowest BCUT2D eigenvalue weighted by atomic mass is 10.1. The van der Waals surface area contributed by atoms with Crippen LogP contribution in [0.5, 0.6) is 0 Å². The average Bonchev–Trinajstić information content (AvgIpc) is 3.37. The van der Waals surface area contributed by atoms with Crippen molar-refractivity contribution >= 4 is 22.8 Å².